The minimum absolute atomic E-state index is 0. The van der Waals surface area contributed by atoms with E-state index in [2.05, 4.69) is 0 Å². The highest BCUT2D eigenvalue weighted by Crippen LogP contribution is 2.34. The van der Waals surface area contributed by atoms with Crippen LogP contribution in [0.25, 0.3) is 0 Å². The van der Waals surface area contributed by atoms with Crippen molar-refractivity contribution in [3.05, 3.63) is 64.2 Å². The van der Waals surface area contributed by atoms with Gasteiger partial charge in [-0.15, -0.1) is 0 Å². The molecule has 2 unspecified atom stereocenters. The molecule has 3 rings (SSSR count). The van der Waals surface area contributed by atoms with E-state index in [-0.39, 0.29) is 11.0 Å². The molecular formula is C21H29ClO8. The van der Waals surface area contributed by atoms with Crippen LogP contribution < -0.4 is 4.74 Å². The Kier molecular flexibility index (Phi) is 10.2. The van der Waals surface area contributed by atoms with E-state index in [1.165, 1.54) is 0 Å². The maximum Gasteiger partial charge on any atom is 0.119 e. The monoisotopic (exact) mass is 444 g/mol. The molecule has 30 heavy (non-hydrogen) atoms. The molecular weight excluding hydrogens is 416 g/mol. The molecule has 168 valence electrons. The molecule has 0 spiro atoms. The molecule has 5 atom stereocenters. The fourth-order valence-corrected chi connectivity index (χ4v) is 3.56. The maximum absolute atomic E-state index is 10.3. The zero-order valence-electron chi connectivity index (χ0n) is 16.5. The molecule has 0 amide bonds. The lowest BCUT2D eigenvalue weighted by Crippen LogP contribution is -2.55. The van der Waals surface area contributed by atoms with Crippen molar-refractivity contribution in [1.82, 2.24) is 0 Å². The normalized spacial score (nSPS) is 25.7. The highest BCUT2D eigenvalue weighted by atomic mass is 35.5. The SMILES string of the molecule is CCOc1ccc(Cc2cc([C@@H]3O[C@H](CO)C(O)C(O)[C@@H]3O)ccc2Cl)cc1.O.O. The Labute approximate surface area is 179 Å². The fraction of sp³-hybridized carbons (Fsp3) is 0.429. The number of hydrogen-bond acceptors (Lipinski definition) is 6. The summed E-state index contributed by atoms with van der Waals surface area (Å²) >= 11 is 6.35. The third kappa shape index (κ3) is 5.69. The summed E-state index contributed by atoms with van der Waals surface area (Å²) in [4.78, 5) is 0. The van der Waals surface area contributed by atoms with Crippen LogP contribution in [-0.2, 0) is 11.2 Å². The van der Waals surface area contributed by atoms with Gasteiger partial charge in [0.1, 0.15) is 36.3 Å². The Hall–Kier alpha value is -1.75. The molecule has 9 heteroatoms. The van der Waals surface area contributed by atoms with Gasteiger partial charge in [-0.1, -0.05) is 35.9 Å². The van der Waals surface area contributed by atoms with Crippen molar-refractivity contribution in [1.29, 1.82) is 0 Å². The van der Waals surface area contributed by atoms with Crippen LogP contribution in [0.1, 0.15) is 29.7 Å². The zero-order chi connectivity index (χ0) is 20.3. The van der Waals surface area contributed by atoms with Crippen LogP contribution in [0.2, 0.25) is 5.02 Å². The van der Waals surface area contributed by atoms with Gasteiger partial charge in [0.25, 0.3) is 0 Å². The highest BCUT2D eigenvalue weighted by molar-refractivity contribution is 6.31. The van der Waals surface area contributed by atoms with Gasteiger partial charge in [-0.25, -0.2) is 0 Å². The van der Waals surface area contributed by atoms with Crippen LogP contribution in [-0.4, -0.2) is 69.0 Å². The van der Waals surface area contributed by atoms with Crippen LogP contribution in [0.5, 0.6) is 5.75 Å². The first-order valence-electron chi connectivity index (χ1n) is 9.25. The molecule has 1 aliphatic heterocycles. The van der Waals surface area contributed by atoms with E-state index in [4.69, 9.17) is 21.1 Å². The third-order valence-corrected chi connectivity index (χ3v) is 5.29. The minimum atomic E-state index is -1.42. The Morgan fingerprint density at radius 3 is 2.23 bits per heavy atom. The first-order valence-corrected chi connectivity index (χ1v) is 9.63. The van der Waals surface area contributed by atoms with Crippen LogP contribution in [0.15, 0.2) is 42.5 Å². The number of halogens is 1. The number of rotatable bonds is 6. The van der Waals surface area contributed by atoms with Gasteiger partial charge in [-0.2, -0.15) is 0 Å². The molecule has 0 aliphatic carbocycles. The van der Waals surface area contributed by atoms with Crippen LogP contribution in [0, 0.1) is 0 Å². The van der Waals surface area contributed by atoms with E-state index in [0.29, 0.717) is 23.6 Å². The van der Waals surface area contributed by atoms with Gasteiger partial charge >= 0.3 is 0 Å². The fourth-order valence-electron chi connectivity index (χ4n) is 3.37. The summed E-state index contributed by atoms with van der Waals surface area (Å²) in [6.45, 7) is 2.07. The molecule has 2 aromatic carbocycles. The Bertz CT molecular complexity index is 783. The molecule has 1 heterocycles. The van der Waals surface area contributed by atoms with Crippen molar-refractivity contribution >= 4 is 11.6 Å². The average Bonchev–Trinajstić information content (AvgIpc) is 2.70. The van der Waals surface area contributed by atoms with E-state index in [0.717, 1.165) is 16.9 Å². The molecule has 0 aromatic heterocycles. The van der Waals surface area contributed by atoms with Crippen molar-refractivity contribution in [2.75, 3.05) is 13.2 Å². The molecule has 8 nitrogen and oxygen atoms in total. The van der Waals surface area contributed by atoms with E-state index in [1.807, 2.05) is 37.3 Å². The summed E-state index contributed by atoms with van der Waals surface area (Å²) in [6, 6.07) is 12.9. The summed E-state index contributed by atoms with van der Waals surface area (Å²) in [5.41, 5.74) is 2.49. The van der Waals surface area contributed by atoms with Crippen molar-refractivity contribution in [3.63, 3.8) is 0 Å². The molecule has 0 radical (unpaired) electrons. The molecule has 1 aliphatic rings. The topological polar surface area (TPSA) is 162 Å². The van der Waals surface area contributed by atoms with E-state index < -0.39 is 37.1 Å². The summed E-state index contributed by atoms with van der Waals surface area (Å²) in [6.07, 6.45) is -5.39. The largest absolute Gasteiger partial charge is 0.494 e. The standard InChI is InChI=1S/C21H25ClO6.2H2O/c1-2-27-15-6-3-12(4-7-15)9-14-10-13(5-8-16(14)22)21-20(26)19(25)18(24)17(11-23)28-21;;/h3-8,10,17-21,23-26H,2,9,11H2,1H3;2*1H2/t17-,18?,19?,20+,21+;;/m1../s1. The van der Waals surface area contributed by atoms with Gasteiger partial charge in [0.05, 0.1) is 13.2 Å². The first kappa shape index (κ1) is 26.3. The highest BCUT2D eigenvalue weighted by Gasteiger charge is 2.43. The molecule has 0 bridgehead atoms. The Balaban J connectivity index is 0.00000225. The van der Waals surface area contributed by atoms with Gasteiger partial charge in [0.15, 0.2) is 0 Å². The second-order valence-electron chi connectivity index (χ2n) is 6.85. The van der Waals surface area contributed by atoms with Gasteiger partial charge in [0.2, 0.25) is 0 Å². The van der Waals surface area contributed by atoms with Crippen LogP contribution in [0.4, 0.5) is 0 Å². The lowest BCUT2D eigenvalue weighted by molar-refractivity contribution is -0.231. The average molecular weight is 445 g/mol. The first-order chi connectivity index (χ1) is 13.4. The number of hydrogen-bond donors (Lipinski definition) is 4. The summed E-state index contributed by atoms with van der Waals surface area (Å²) in [7, 11) is 0. The third-order valence-electron chi connectivity index (χ3n) is 4.92. The summed E-state index contributed by atoms with van der Waals surface area (Å²) in [5.74, 6) is 0.799. The molecule has 2 aromatic rings. The van der Waals surface area contributed by atoms with Crippen molar-refractivity contribution in [2.45, 2.75) is 43.9 Å². The number of benzene rings is 2. The molecule has 1 fully saturated rings. The molecule has 8 N–H and O–H groups in total. The quantitative estimate of drug-likeness (QED) is 0.497. The van der Waals surface area contributed by atoms with Crippen molar-refractivity contribution in [2.24, 2.45) is 0 Å². The van der Waals surface area contributed by atoms with E-state index in [9.17, 15) is 20.4 Å². The van der Waals surface area contributed by atoms with Crippen LogP contribution in [0.3, 0.4) is 0 Å². The number of aliphatic hydroxyl groups excluding tert-OH is 4. The van der Waals surface area contributed by atoms with E-state index in [1.54, 1.807) is 12.1 Å². The van der Waals surface area contributed by atoms with Gasteiger partial charge in [-0.05, 0) is 48.2 Å². The molecule has 0 saturated carbocycles. The van der Waals surface area contributed by atoms with Gasteiger partial charge < -0.3 is 40.9 Å². The summed E-state index contributed by atoms with van der Waals surface area (Å²) < 4.78 is 11.1. The number of ether oxygens (including phenoxy) is 2. The van der Waals surface area contributed by atoms with Gasteiger partial charge in [0, 0.05) is 5.02 Å². The minimum Gasteiger partial charge on any atom is -0.494 e. The Morgan fingerprint density at radius 2 is 1.63 bits per heavy atom. The Morgan fingerprint density at radius 1 is 0.967 bits per heavy atom. The molecule has 1 saturated heterocycles. The summed E-state index contributed by atoms with van der Waals surface area (Å²) in [5, 5.41) is 40.3. The van der Waals surface area contributed by atoms with Crippen molar-refractivity contribution < 1.29 is 40.9 Å². The lowest BCUT2D eigenvalue weighted by Gasteiger charge is -2.40. The van der Waals surface area contributed by atoms with E-state index >= 15 is 0 Å². The van der Waals surface area contributed by atoms with Crippen molar-refractivity contribution in [3.8, 4) is 5.75 Å². The number of aliphatic hydroxyl groups is 4. The lowest BCUT2D eigenvalue weighted by atomic mass is 9.90. The second-order valence-corrected chi connectivity index (χ2v) is 7.26. The smallest absolute Gasteiger partial charge is 0.119 e. The maximum atomic E-state index is 10.3. The zero-order valence-corrected chi connectivity index (χ0v) is 17.3. The predicted octanol–water partition coefficient (Wildman–Crippen LogP) is 0.195. The van der Waals surface area contributed by atoms with Gasteiger partial charge in [-0.3, -0.25) is 0 Å². The second kappa shape index (κ2) is 11.6. The van der Waals surface area contributed by atoms with Crippen LogP contribution >= 0.6 is 11.6 Å². The predicted molar refractivity (Wildman–Crippen MR) is 112 cm³/mol.